The van der Waals surface area contributed by atoms with E-state index in [0.717, 1.165) is 44.4 Å². The van der Waals surface area contributed by atoms with Gasteiger partial charge in [0.15, 0.2) is 11.6 Å². The highest BCUT2D eigenvalue weighted by Gasteiger charge is 2.30. The Hall–Kier alpha value is -1.16. The number of benzene rings is 1. The van der Waals surface area contributed by atoms with Crippen molar-refractivity contribution in [2.24, 2.45) is 11.8 Å². The van der Waals surface area contributed by atoms with Crippen LogP contribution < -0.4 is 4.74 Å². The first-order chi connectivity index (χ1) is 11.6. The van der Waals surface area contributed by atoms with Crippen LogP contribution in [0.2, 0.25) is 0 Å². The van der Waals surface area contributed by atoms with Gasteiger partial charge in [0.25, 0.3) is 0 Å². The lowest BCUT2D eigenvalue weighted by Gasteiger charge is -2.31. The molecule has 1 N–H and O–H groups in total. The van der Waals surface area contributed by atoms with E-state index in [2.05, 4.69) is 6.92 Å². The molecule has 0 saturated heterocycles. The van der Waals surface area contributed by atoms with E-state index in [1.54, 1.807) is 0 Å². The zero-order valence-electron chi connectivity index (χ0n) is 14.9. The number of hydrogen-bond donors (Lipinski definition) is 1. The van der Waals surface area contributed by atoms with Gasteiger partial charge in [0, 0.05) is 5.56 Å². The van der Waals surface area contributed by atoms with E-state index in [1.165, 1.54) is 25.0 Å². The zero-order valence-corrected chi connectivity index (χ0v) is 14.9. The second kappa shape index (κ2) is 9.36. The Morgan fingerprint density at radius 2 is 1.79 bits per heavy atom. The number of ether oxygens (including phenoxy) is 1. The second-order valence-corrected chi connectivity index (χ2v) is 7.00. The first-order valence-corrected chi connectivity index (χ1v) is 9.37. The third-order valence-electron chi connectivity index (χ3n) is 5.19. The SMILES string of the molecule is CCCCOc1ccc(C(O)C2CCC(CCC)CC2)c(F)c1F. The van der Waals surface area contributed by atoms with Gasteiger partial charge in [0.1, 0.15) is 0 Å². The van der Waals surface area contributed by atoms with Gasteiger partial charge >= 0.3 is 0 Å². The van der Waals surface area contributed by atoms with Gasteiger partial charge < -0.3 is 9.84 Å². The van der Waals surface area contributed by atoms with Crippen LogP contribution in [0.3, 0.4) is 0 Å². The van der Waals surface area contributed by atoms with Crippen LogP contribution >= 0.6 is 0 Å². The minimum atomic E-state index is -0.984. The Labute approximate surface area is 144 Å². The van der Waals surface area contributed by atoms with Crippen molar-refractivity contribution in [2.75, 3.05) is 6.61 Å². The first-order valence-electron chi connectivity index (χ1n) is 9.37. The maximum atomic E-state index is 14.4. The summed E-state index contributed by atoms with van der Waals surface area (Å²) in [4.78, 5) is 0. The average molecular weight is 340 g/mol. The van der Waals surface area contributed by atoms with E-state index >= 15 is 0 Å². The third-order valence-corrected chi connectivity index (χ3v) is 5.19. The Balaban J connectivity index is 2.02. The number of aliphatic hydroxyl groups is 1. The van der Waals surface area contributed by atoms with Gasteiger partial charge in [0.05, 0.1) is 12.7 Å². The molecule has 1 fully saturated rings. The molecule has 0 aromatic heterocycles. The van der Waals surface area contributed by atoms with E-state index < -0.39 is 17.7 Å². The van der Waals surface area contributed by atoms with Crippen LogP contribution in [0, 0.1) is 23.5 Å². The molecule has 0 amide bonds. The highest BCUT2D eigenvalue weighted by molar-refractivity contribution is 5.32. The van der Waals surface area contributed by atoms with Gasteiger partial charge in [0.2, 0.25) is 5.82 Å². The molecule has 1 aliphatic rings. The van der Waals surface area contributed by atoms with Crippen molar-refractivity contribution in [3.63, 3.8) is 0 Å². The van der Waals surface area contributed by atoms with Crippen LogP contribution in [-0.2, 0) is 0 Å². The normalized spacial score (nSPS) is 22.4. The van der Waals surface area contributed by atoms with Gasteiger partial charge in [-0.2, -0.15) is 4.39 Å². The lowest BCUT2D eigenvalue weighted by molar-refractivity contribution is 0.0686. The molecule has 1 atom stereocenters. The largest absolute Gasteiger partial charge is 0.490 e. The fourth-order valence-electron chi connectivity index (χ4n) is 3.67. The van der Waals surface area contributed by atoms with Crippen LogP contribution in [-0.4, -0.2) is 11.7 Å². The molecule has 4 heteroatoms. The highest BCUT2D eigenvalue weighted by atomic mass is 19.2. The maximum Gasteiger partial charge on any atom is 0.200 e. The maximum absolute atomic E-state index is 14.4. The van der Waals surface area contributed by atoms with Crippen molar-refractivity contribution >= 4 is 0 Å². The van der Waals surface area contributed by atoms with Crippen LogP contribution in [0.5, 0.6) is 5.75 Å². The predicted octanol–water partition coefficient (Wildman–Crippen LogP) is 5.78. The third kappa shape index (κ3) is 4.69. The molecule has 136 valence electrons. The van der Waals surface area contributed by atoms with E-state index in [0.29, 0.717) is 6.61 Å². The summed E-state index contributed by atoms with van der Waals surface area (Å²) in [5.41, 5.74) is 0.0642. The van der Waals surface area contributed by atoms with Gasteiger partial charge in [-0.25, -0.2) is 4.39 Å². The van der Waals surface area contributed by atoms with Gasteiger partial charge in [-0.3, -0.25) is 0 Å². The Bertz CT molecular complexity index is 511. The molecule has 0 radical (unpaired) electrons. The molecular formula is C20H30F2O2. The molecule has 0 aliphatic heterocycles. The topological polar surface area (TPSA) is 29.5 Å². The van der Waals surface area contributed by atoms with Gasteiger partial charge in [-0.1, -0.05) is 46.0 Å². The van der Waals surface area contributed by atoms with Crippen LogP contribution in [0.1, 0.15) is 76.9 Å². The number of aliphatic hydroxyl groups excluding tert-OH is 1. The van der Waals surface area contributed by atoms with E-state index in [1.807, 2.05) is 6.92 Å². The molecule has 1 aromatic rings. The average Bonchev–Trinajstić information content (AvgIpc) is 2.59. The molecule has 0 bridgehead atoms. The van der Waals surface area contributed by atoms with Crippen molar-refractivity contribution in [3.8, 4) is 5.75 Å². The summed E-state index contributed by atoms with van der Waals surface area (Å²) in [5, 5.41) is 10.5. The predicted molar refractivity (Wildman–Crippen MR) is 92.1 cm³/mol. The molecule has 2 nitrogen and oxygen atoms in total. The molecule has 0 spiro atoms. The Morgan fingerprint density at radius 3 is 2.42 bits per heavy atom. The fourth-order valence-corrected chi connectivity index (χ4v) is 3.67. The van der Waals surface area contributed by atoms with Crippen molar-refractivity contribution in [1.82, 2.24) is 0 Å². The van der Waals surface area contributed by atoms with Crippen molar-refractivity contribution < 1.29 is 18.6 Å². The molecule has 1 aromatic carbocycles. The number of halogens is 2. The molecule has 1 saturated carbocycles. The summed E-state index contributed by atoms with van der Waals surface area (Å²) in [7, 11) is 0. The van der Waals surface area contributed by atoms with E-state index in [-0.39, 0.29) is 17.2 Å². The standard InChI is InChI=1S/C20H30F2O2/c1-3-5-13-24-17-12-11-16(18(21)19(17)22)20(23)15-9-7-14(6-4-2)8-10-15/h11-12,14-15,20,23H,3-10,13H2,1-2H3. The number of rotatable bonds is 8. The van der Waals surface area contributed by atoms with Crippen molar-refractivity contribution in [3.05, 3.63) is 29.3 Å². The smallest absolute Gasteiger partial charge is 0.200 e. The summed E-state index contributed by atoms with van der Waals surface area (Å²) in [6.07, 6.45) is 7.08. The Morgan fingerprint density at radius 1 is 1.08 bits per heavy atom. The molecule has 1 aliphatic carbocycles. The number of unbranched alkanes of at least 4 members (excludes halogenated alkanes) is 1. The fraction of sp³-hybridized carbons (Fsp3) is 0.700. The Kier molecular flexibility index (Phi) is 7.47. The molecule has 1 unspecified atom stereocenters. The highest BCUT2D eigenvalue weighted by Crippen LogP contribution is 2.40. The zero-order chi connectivity index (χ0) is 17.5. The summed E-state index contributed by atoms with van der Waals surface area (Å²) in [6.45, 7) is 4.56. The summed E-state index contributed by atoms with van der Waals surface area (Å²) >= 11 is 0. The molecule has 24 heavy (non-hydrogen) atoms. The molecule has 0 heterocycles. The van der Waals surface area contributed by atoms with Gasteiger partial charge in [-0.15, -0.1) is 0 Å². The lowest BCUT2D eigenvalue weighted by Crippen LogP contribution is -2.21. The van der Waals surface area contributed by atoms with Crippen LogP contribution in [0.4, 0.5) is 8.78 Å². The summed E-state index contributed by atoms with van der Waals surface area (Å²) in [5.74, 6) is -1.29. The lowest BCUT2D eigenvalue weighted by atomic mass is 9.76. The van der Waals surface area contributed by atoms with Crippen molar-refractivity contribution in [1.29, 1.82) is 0 Å². The monoisotopic (exact) mass is 340 g/mol. The number of hydrogen-bond acceptors (Lipinski definition) is 2. The molecule has 2 rings (SSSR count). The van der Waals surface area contributed by atoms with Crippen molar-refractivity contribution in [2.45, 2.75) is 71.3 Å². The van der Waals surface area contributed by atoms with E-state index in [4.69, 9.17) is 4.74 Å². The summed E-state index contributed by atoms with van der Waals surface area (Å²) < 4.78 is 33.8. The summed E-state index contributed by atoms with van der Waals surface area (Å²) in [6, 6.07) is 2.91. The minimum Gasteiger partial charge on any atom is -0.490 e. The van der Waals surface area contributed by atoms with E-state index in [9.17, 15) is 13.9 Å². The molecular weight excluding hydrogens is 310 g/mol. The second-order valence-electron chi connectivity index (χ2n) is 7.00. The minimum absolute atomic E-state index is 0.0128. The van der Waals surface area contributed by atoms with Gasteiger partial charge in [-0.05, 0) is 43.2 Å². The quantitative estimate of drug-likeness (QED) is 0.608. The first kappa shape index (κ1) is 19.2. The van der Waals surface area contributed by atoms with Crippen LogP contribution in [0.15, 0.2) is 12.1 Å². The van der Waals surface area contributed by atoms with Crippen LogP contribution in [0.25, 0.3) is 0 Å².